The van der Waals surface area contributed by atoms with Crippen LogP contribution in [-0.4, -0.2) is 52.0 Å². The maximum Gasteiger partial charge on any atom is 0.255 e. The van der Waals surface area contributed by atoms with E-state index in [2.05, 4.69) is 15.0 Å². The lowest BCUT2D eigenvalue weighted by Crippen LogP contribution is -2.48. The number of halogens is 2. The Morgan fingerprint density at radius 3 is 2.78 bits per heavy atom. The number of piperazine rings is 1. The summed E-state index contributed by atoms with van der Waals surface area (Å²) in [5, 5.41) is 6.11. The van der Waals surface area contributed by atoms with Crippen LogP contribution in [0.3, 0.4) is 0 Å². The summed E-state index contributed by atoms with van der Waals surface area (Å²) in [6.07, 6.45) is 0. The summed E-state index contributed by atoms with van der Waals surface area (Å²) in [6.45, 7) is 3.01. The van der Waals surface area contributed by atoms with Gasteiger partial charge in [0, 0.05) is 26.2 Å². The predicted octanol–water partition coefficient (Wildman–Crippen LogP) is 3.55. The first-order valence-corrected chi connectivity index (χ1v) is 9.69. The minimum Gasteiger partial charge on any atom is -0.338 e. The molecule has 140 valence electrons. The maximum atomic E-state index is 13.2. The van der Waals surface area contributed by atoms with Gasteiger partial charge in [0.25, 0.3) is 5.91 Å². The van der Waals surface area contributed by atoms with E-state index in [0.717, 1.165) is 10.9 Å². The first-order valence-electron chi connectivity index (χ1n) is 8.43. The normalized spacial score (nSPS) is 15.3. The number of amides is 1. The van der Waals surface area contributed by atoms with Crippen molar-refractivity contribution < 1.29 is 13.7 Å². The molecule has 1 saturated heterocycles. The second-order valence-corrected chi connectivity index (χ2v) is 7.54. The van der Waals surface area contributed by atoms with Crippen molar-refractivity contribution in [3.8, 4) is 10.7 Å². The molecular formula is C18H16ClFN4O2S. The van der Waals surface area contributed by atoms with Gasteiger partial charge in [-0.05, 0) is 29.6 Å². The molecule has 9 heteroatoms. The van der Waals surface area contributed by atoms with Crippen LogP contribution in [0.25, 0.3) is 10.7 Å². The summed E-state index contributed by atoms with van der Waals surface area (Å²) in [5.74, 6) is 0.514. The molecule has 2 aromatic heterocycles. The molecule has 0 spiro atoms. The fourth-order valence-corrected chi connectivity index (χ4v) is 3.86. The predicted molar refractivity (Wildman–Crippen MR) is 100 cm³/mol. The largest absolute Gasteiger partial charge is 0.338 e. The quantitative estimate of drug-likeness (QED) is 0.663. The molecule has 0 saturated carbocycles. The van der Waals surface area contributed by atoms with Gasteiger partial charge in [-0.3, -0.25) is 9.69 Å². The van der Waals surface area contributed by atoms with Crippen LogP contribution in [0.15, 0.2) is 40.2 Å². The molecule has 1 amide bonds. The molecule has 0 bridgehead atoms. The van der Waals surface area contributed by atoms with Gasteiger partial charge in [-0.1, -0.05) is 22.8 Å². The molecule has 1 fully saturated rings. The van der Waals surface area contributed by atoms with Crippen LogP contribution in [0.2, 0.25) is 5.02 Å². The Hall–Kier alpha value is -2.29. The van der Waals surface area contributed by atoms with E-state index in [0.29, 0.717) is 50.0 Å². The van der Waals surface area contributed by atoms with Gasteiger partial charge in [-0.2, -0.15) is 4.98 Å². The third-order valence-corrected chi connectivity index (χ3v) is 5.57. The van der Waals surface area contributed by atoms with Crippen molar-refractivity contribution in [2.75, 3.05) is 26.2 Å². The summed E-state index contributed by atoms with van der Waals surface area (Å²) in [5.41, 5.74) is 0.323. The van der Waals surface area contributed by atoms with Crippen molar-refractivity contribution >= 4 is 28.8 Å². The van der Waals surface area contributed by atoms with E-state index >= 15 is 0 Å². The van der Waals surface area contributed by atoms with Crippen LogP contribution in [0.1, 0.15) is 16.2 Å². The average Bonchev–Trinajstić information content (AvgIpc) is 3.33. The van der Waals surface area contributed by atoms with E-state index < -0.39 is 5.82 Å². The minimum atomic E-state index is -0.456. The number of rotatable bonds is 4. The summed E-state index contributed by atoms with van der Waals surface area (Å²) >= 11 is 7.56. The molecule has 0 unspecified atom stereocenters. The SMILES string of the molecule is O=C(c1ccc(F)cc1Cl)N1CCN(Cc2nc(-c3cccs3)no2)CC1. The van der Waals surface area contributed by atoms with Gasteiger partial charge in [0.05, 0.1) is 22.0 Å². The molecule has 0 N–H and O–H groups in total. The van der Waals surface area contributed by atoms with Crippen LogP contribution in [0.5, 0.6) is 0 Å². The number of thiophene rings is 1. The molecular weight excluding hydrogens is 391 g/mol. The number of hydrogen-bond acceptors (Lipinski definition) is 6. The number of benzene rings is 1. The Labute approximate surface area is 164 Å². The minimum absolute atomic E-state index is 0.134. The second kappa shape index (κ2) is 7.75. The number of hydrogen-bond donors (Lipinski definition) is 0. The maximum absolute atomic E-state index is 13.2. The summed E-state index contributed by atoms with van der Waals surface area (Å²) in [6, 6.07) is 7.72. The Balaban J connectivity index is 1.34. The average molecular weight is 407 g/mol. The third-order valence-electron chi connectivity index (χ3n) is 4.39. The molecule has 6 nitrogen and oxygen atoms in total. The molecule has 27 heavy (non-hydrogen) atoms. The van der Waals surface area contributed by atoms with Gasteiger partial charge in [-0.25, -0.2) is 4.39 Å². The fourth-order valence-electron chi connectivity index (χ4n) is 2.96. The van der Waals surface area contributed by atoms with E-state index in [1.165, 1.54) is 12.1 Å². The molecule has 4 rings (SSSR count). The fraction of sp³-hybridized carbons (Fsp3) is 0.278. The highest BCUT2D eigenvalue weighted by Crippen LogP contribution is 2.22. The van der Waals surface area contributed by atoms with Crippen LogP contribution in [-0.2, 0) is 6.54 Å². The zero-order chi connectivity index (χ0) is 18.8. The van der Waals surface area contributed by atoms with E-state index in [4.69, 9.17) is 16.1 Å². The van der Waals surface area contributed by atoms with E-state index in [-0.39, 0.29) is 10.9 Å². The van der Waals surface area contributed by atoms with Crippen LogP contribution in [0.4, 0.5) is 4.39 Å². The van der Waals surface area contributed by atoms with Gasteiger partial charge in [-0.15, -0.1) is 11.3 Å². The smallest absolute Gasteiger partial charge is 0.255 e. The number of aromatic nitrogens is 2. The molecule has 0 atom stereocenters. The van der Waals surface area contributed by atoms with Crippen molar-refractivity contribution in [1.29, 1.82) is 0 Å². The van der Waals surface area contributed by atoms with E-state index in [1.807, 2.05) is 17.5 Å². The summed E-state index contributed by atoms with van der Waals surface area (Å²) in [7, 11) is 0. The number of carbonyl (C=O) groups is 1. The van der Waals surface area contributed by atoms with Gasteiger partial charge in [0.1, 0.15) is 5.82 Å². The van der Waals surface area contributed by atoms with Crippen molar-refractivity contribution in [1.82, 2.24) is 19.9 Å². The first kappa shape index (κ1) is 18.1. The number of nitrogens with zero attached hydrogens (tertiary/aromatic N) is 4. The Kier molecular flexibility index (Phi) is 5.20. The molecule has 1 aromatic carbocycles. The van der Waals surface area contributed by atoms with Crippen molar-refractivity contribution in [2.45, 2.75) is 6.54 Å². The lowest BCUT2D eigenvalue weighted by Gasteiger charge is -2.34. The Bertz CT molecular complexity index is 939. The zero-order valence-corrected chi connectivity index (χ0v) is 15.8. The second-order valence-electron chi connectivity index (χ2n) is 6.18. The lowest BCUT2D eigenvalue weighted by molar-refractivity contribution is 0.0615. The molecule has 1 aliphatic rings. The summed E-state index contributed by atoms with van der Waals surface area (Å²) < 4.78 is 18.5. The first-order chi connectivity index (χ1) is 13.1. The highest BCUT2D eigenvalue weighted by Gasteiger charge is 2.25. The number of carbonyl (C=O) groups excluding carboxylic acids is 1. The van der Waals surface area contributed by atoms with Gasteiger partial charge < -0.3 is 9.42 Å². The Morgan fingerprint density at radius 1 is 1.26 bits per heavy atom. The lowest BCUT2D eigenvalue weighted by atomic mass is 10.1. The highest BCUT2D eigenvalue weighted by molar-refractivity contribution is 7.13. The van der Waals surface area contributed by atoms with E-state index in [1.54, 1.807) is 16.2 Å². The van der Waals surface area contributed by atoms with Crippen molar-refractivity contribution in [2.24, 2.45) is 0 Å². The molecule has 3 heterocycles. The third kappa shape index (κ3) is 4.02. The molecule has 0 radical (unpaired) electrons. The molecule has 0 aliphatic carbocycles. The zero-order valence-electron chi connectivity index (χ0n) is 14.3. The Morgan fingerprint density at radius 2 is 2.07 bits per heavy atom. The molecule has 1 aliphatic heterocycles. The van der Waals surface area contributed by atoms with Crippen molar-refractivity contribution in [3.05, 3.63) is 58.0 Å². The highest BCUT2D eigenvalue weighted by atomic mass is 35.5. The van der Waals surface area contributed by atoms with E-state index in [9.17, 15) is 9.18 Å². The standard InChI is InChI=1S/C18H16ClFN4O2S/c19-14-10-12(20)3-4-13(14)18(25)24-7-5-23(6-8-24)11-16-21-17(22-26-16)15-2-1-9-27-15/h1-4,9-10H,5-8,11H2. The monoisotopic (exact) mass is 406 g/mol. The van der Waals surface area contributed by atoms with Gasteiger partial charge in [0.15, 0.2) is 0 Å². The van der Waals surface area contributed by atoms with Crippen molar-refractivity contribution in [3.63, 3.8) is 0 Å². The van der Waals surface area contributed by atoms with Gasteiger partial charge >= 0.3 is 0 Å². The molecule has 3 aromatic rings. The topological polar surface area (TPSA) is 62.5 Å². The van der Waals surface area contributed by atoms with Crippen LogP contribution < -0.4 is 0 Å². The van der Waals surface area contributed by atoms with Crippen LogP contribution >= 0.6 is 22.9 Å². The summed E-state index contributed by atoms with van der Waals surface area (Å²) in [4.78, 5) is 21.9. The van der Waals surface area contributed by atoms with Gasteiger partial charge in [0.2, 0.25) is 11.7 Å². The van der Waals surface area contributed by atoms with Crippen LogP contribution in [0, 0.1) is 5.82 Å².